The molecule has 112 valence electrons. The molecular weight excluding hydrogens is 291 g/mol. The molecule has 2 aromatic carbocycles. The molecule has 0 spiro atoms. The van der Waals surface area contributed by atoms with Crippen molar-refractivity contribution in [2.24, 2.45) is 0 Å². The molecule has 0 atom stereocenters. The van der Waals surface area contributed by atoms with Crippen LogP contribution in [-0.2, 0) is 10.0 Å². The minimum absolute atomic E-state index is 0.0804. The van der Waals surface area contributed by atoms with Crippen molar-refractivity contribution in [1.29, 1.82) is 0 Å². The van der Waals surface area contributed by atoms with E-state index >= 15 is 0 Å². The van der Waals surface area contributed by atoms with E-state index in [0.717, 1.165) is 21.5 Å². The number of hydrogen-bond donors (Lipinski definition) is 1. The van der Waals surface area contributed by atoms with E-state index in [4.69, 9.17) is 5.73 Å². The van der Waals surface area contributed by atoms with Crippen molar-refractivity contribution < 1.29 is 12.8 Å². The van der Waals surface area contributed by atoms with E-state index in [1.165, 1.54) is 19.2 Å². The van der Waals surface area contributed by atoms with Gasteiger partial charge in [-0.2, -0.15) is 0 Å². The minimum atomic E-state index is -3.83. The Morgan fingerprint density at radius 1 is 1.10 bits per heavy atom. The molecule has 0 aliphatic carbocycles. The topological polar surface area (TPSA) is 63.4 Å². The number of rotatable bonds is 3. The molecule has 0 saturated carbocycles. The lowest BCUT2D eigenvalue weighted by Crippen LogP contribution is -2.27. The van der Waals surface area contributed by atoms with Crippen LogP contribution >= 0.6 is 0 Å². The quantitative estimate of drug-likeness (QED) is 0.887. The summed E-state index contributed by atoms with van der Waals surface area (Å²) in [5.41, 5.74) is 7.72. The van der Waals surface area contributed by atoms with Crippen LogP contribution in [0.5, 0.6) is 0 Å². The number of hydrogen-bond acceptors (Lipinski definition) is 3. The van der Waals surface area contributed by atoms with Gasteiger partial charge in [-0.15, -0.1) is 0 Å². The molecule has 0 fully saturated rings. The number of nitrogens with two attached hydrogens (primary N) is 1. The molecule has 0 aliphatic rings. The third kappa shape index (κ3) is 2.85. The predicted octanol–water partition coefficient (Wildman–Crippen LogP) is 2.85. The Kier molecular flexibility index (Phi) is 3.91. The normalized spacial score (nSPS) is 11.4. The highest BCUT2D eigenvalue weighted by Crippen LogP contribution is 2.27. The van der Waals surface area contributed by atoms with Gasteiger partial charge in [0.2, 0.25) is 0 Å². The Morgan fingerprint density at radius 3 is 2.33 bits per heavy atom. The predicted molar refractivity (Wildman–Crippen MR) is 82.3 cm³/mol. The van der Waals surface area contributed by atoms with E-state index in [1.807, 2.05) is 26.0 Å². The van der Waals surface area contributed by atoms with Crippen molar-refractivity contribution in [1.82, 2.24) is 0 Å². The van der Waals surface area contributed by atoms with Gasteiger partial charge in [0.05, 0.1) is 16.3 Å². The number of aryl methyl sites for hydroxylation is 2. The first-order valence-electron chi connectivity index (χ1n) is 6.34. The Balaban J connectivity index is 2.49. The molecule has 0 heterocycles. The van der Waals surface area contributed by atoms with E-state index in [1.54, 1.807) is 6.07 Å². The fourth-order valence-corrected chi connectivity index (χ4v) is 3.39. The van der Waals surface area contributed by atoms with Crippen molar-refractivity contribution in [2.75, 3.05) is 17.1 Å². The van der Waals surface area contributed by atoms with E-state index < -0.39 is 15.8 Å². The first-order valence-corrected chi connectivity index (χ1v) is 7.78. The zero-order valence-corrected chi connectivity index (χ0v) is 12.9. The number of nitrogens with zero attached hydrogens (tertiary/aromatic N) is 1. The summed E-state index contributed by atoms with van der Waals surface area (Å²) in [5.74, 6) is -0.745. The van der Waals surface area contributed by atoms with Crippen LogP contribution in [0.15, 0.2) is 41.3 Å². The third-order valence-electron chi connectivity index (χ3n) is 3.32. The standard InChI is InChI=1S/C15H17FN2O2S/c1-10-4-7-15(11(2)8-10)18(3)21(19,20)12-5-6-14(17)13(16)9-12/h4-9H,17H2,1-3H3. The number of nitrogen functional groups attached to an aromatic ring is 1. The maximum atomic E-state index is 13.5. The van der Waals surface area contributed by atoms with Crippen LogP contribution in [0.2, 0.25) is 0 Å². The molecule has 0 unspecified atom stereocenters. The van der Waals surface area contributed by atoms with Crippen LogP contribution in [-0.4, -0.2) is 15.5 Å². The van der Waals surface area contributed by atoms with Crippen LogP contribution in [0.4, 0.5) is 15.8 Å². The Morgan fingerprint density at radius 2 is 1.76 bits per heavy atom. The van der Waals surface area contributed by atoms with E-state index in [2.05, 4.69) is 0 Å². The lowest BCUT2D eigenvalue weighted by Gasteiger charge is -2.22. The summed E-state index contributed by atoms with van der Waals surface area (Å²) < 4.78 is 39.7. The molecular formula is C15H17FN2O2S. The monoisotopic (exact) mass is 308 g/mol. The number of halogens is 1. The van der Waals surface area contributed by atoms with Crippen molar-refractivity contribution in [3.63, 3.8) is 0 Å². The Hall–Kier alpha value is -2.08. The van der Waals surface area contributed by atoms with Gasteiger partial charge in [0.25, 0.3) is 10.0 Å². The zero-order valence-electron chi connectivity index (χ0n) is 12.1. The number of sulfonamides is 1. The van der Waals surface area contributed by atoms with Gasteiger partial charge in [-0.1, -0.05) is 17.7 Å². The second kappa shape index (κ2) is 5.37. The maximum absolute atomic E-state index is 13.5. The Bertz CT molecular complexity index is 788. The Labute approximate surface area is 124 Å². The van der Waals surface area contributed by atoms with Crippen molar-refractivity contribution in [3.8, 4) is 0 Å². The fourth-order valence-electron chi connectivity index (χ4n) is 2.11. The first-order chi connectivity index (χ1) is 9.73. The lowest BCUT2D eigenvalue weighted by atomic mass is 10.1. The molecule has 0 aliphatic heterocycles. The molecule has 2 aromatic rings. The molecule has 0 bridgehead atoms. The molecule has 0 saturated heterocycles. The summed E-state index contributed by atoms with van der Waals surface area (Å²) in [5, 5.41) is 0. The van der Waals surface area contributed by atoms with E-state index in [0.29, 0.717) is 5.69 Å². The highest BCUT2D eigenvalue weighted by atomic mass is 32.2. The second-order valence-corrected chi connectivity index (χ2v) is 6.92. The second-order valence-electron chi connectivity index (χ2n) is 4.95. The number of benzene rings is 2. The molecule has 6 heteroatoms. The number of anilines is 2. The SMILES string of the molecule is Cc1ccc(N(C)S(=O)(=O)c2ccc(N)c(F)c2)c(C)c1. The van der Waals surface area contributed by atoms with Crippen LogP contribution < -0.4 is 10.0 Å². The zero-order chi connectivity index (χ0) is 15.8. The maximum Gasteiger partial charge on any atom is 0.264 e. The van der Waals surface area contributed by atoms with Gasteiger partial charge in [0.1, 0.15) is 5.82 Å². The highest BCUT2D eigenvalue weighted by molar-refractivity contribution is 7.92. The summed E-state index contributed by atoms with van der Waals surface area (Å²) in [6.45, 7) is 3.76. The average Bonchev–Trinajstić information content (AvgIpc) is 2.41. The summed E-state index contributed by atoms with van der Waals surface area (Å²) in [4.78, 5) is -0.128. The van der Waals surface area contributed by atoms with Gasteiger partial charge in [-0.05, 0) is 43.7 Å². The molecule has 2 rings (SSSR count). The van der Waals surface area contributed by atoms with E-state index in [9.17, 15) is 12.8 Å². The summed E-state index contributed by atoms with van der Waals surface area (Å²) in [6, 6.07) is 8.94. The van der Waals surface area contributed by atoms with Gasteiger partial charge in [-0.3, -0.25) is 4.31 Å². The highest BCUT2D eigenvalue weighted by Gasteiger charge is 2.23. The molecule has 2 N–H and O–H groups in total. The fraction of sp³-hybridized carbons (Fsp3) is 0.200. The molecule has 0 radical (unpaired) electrons. The average molecular weight is 308 g/mol. The van der Waals surface area contributed by atoms with Crippen molar-refractivity contribution >= 4 is 21.4 Å². The van der Waals surface area contributed by atoms with Crippen molar-refractivity contribution in [3.05, 3.63) is 53.3 Å². The van der Waals surface area contributed by atoms with Gasteiger partial charge in [0.15, 0.2) is 0 Å². The van der Waals surface area contributed by atoms with Crippen LogP contribution in [0, 0.1) is 19.7 Å². The van der Waals surface area contributed by atoms with Crippen LogP contribution in [0.3, 0.4) is 0 Å². The molecule has 21 heavy (non-hydrogen) atoms. The summed E-state index contributed by atoms with van der Waals surface area (Å²) in [7, 11) is -2.38. The summed E-state index contributed by atoms with van der Waals surface area (Å²) in [6.07, 6.45) is 0. The largest absolute Gasteiger partial charge is 0.396 e. The van der Waals surface area contributed by atoms with Crippen LogP contribution in [0.25, 0.3) is 0 Å². The first kappa shape index (κ1) is 15.3. The molecule has 0 aromatic heterocycles. The molecule has 0 amide bonds. The van der Waals surface area contributed by atoms with Crippen LogP contribution in [0.1, 0.15) is 11.1 Å². The van der Waals surface area contributed by atoms with Crippen molar-refractivity contribution in [2.45, 2.75) is 18.7 Å². The lowest BCUT2D eigenvalue weighted by molar-refractivity contribution is 0.590. The third-order valence-corrected chi connectivity index (χ3v) is 5.09. The smallest absolute Gasteiger partial charge is 0.264 e. The van der Waals surface area contributed by atoms with E-state index in [-0.39, 0.29) is 10.6 Å². The van der Waals surface area contributed by atoms with Gasteiger partial charge in [-0.25, -0.2) is 12.8 Å². The van der Waals surface area contributed by atoms with Gasteiger partial charge >= 0.3 is 0 Å². The van der Waals surface area contributed by atoms with Gasteiger partial charge < -0.3 is 5.73 Å². The minimum Gasteiger partial charge on any atom is -0.396 e. The van der Waals surface area contributed by atoms with Gasteiger partial charge in [0, 0.05) is 7.05 Å². The summed E-state index contributed by atoms with van der Waals surface area (Å²) >= 11 is 0. The molecule has 4 nitrogen and oxygen atoms in total.